The molecule has 0 amide bonds. The standard InChI is InChI=1S/C17H19N3O2S/c1-10-7-12(17(2,3)4)16(21)15(8-10)20-18-13-6-5-11(23-22)9-14(13)19-20/h5-9,21-22H,1-4H3. The summed E-state index contributed by atoms with van der Waals surface area (Å²) in [5, 5.41) is 19.6. The topological polar surface area (TPSA) is 71.2 Å². The zero-order chi connectivity index (χ0) is 16.8. The Morgan fingerprint density at radius 2 is 1.74 bits per heavy atom. The van der Waals surface area contributed by atoms with Crippen LogP contribution in [0.2, 0.25) is 0 Å². The first-order chi connectivity index (χ1) is 10.8. The van der Waals surface area contributed by atoms with Crippen LogP contribution in [0.1, 0.15) is 31.9 Å². The second kappa shape index (κ2) is 5.54. The highest BCUT2D eigenvalue weighted by atomic mass is 32.2. The zero-order valence-electron chi connectivity index (χ0n) is 13.5. The number of phenolic OH excluding ortho intramolecular Hbond substituents is 1. The Balaban J connectivity index is 2.20. The number of aryl methyl sites for hydroxylation is 1. The number of rotatable bonds is 2. The highest BCUT2D eigenvalue weighted by molar-refractivity contribution is 7.93. The van der Waals surface area contributed by atoms with E-state index in [0.717, 1.165) is 11.1 Å². The van der Waals surface area contributed by atoms with Crippen LogP contribution in [0.3, 0.4) is 0 Å². The molecule has 2 aromatic carbocycles. The van der Waals surface area contributed by atoms with E-state index in [4.69, 9.17) is 4.55 Å². The minimum Gasteiger partial charge on any atom is -0.505 e. The van der Waals surface area contributed by atoms with Gasteiger partial charge in [-0.25, -0.2) is 0 Å². The van der Waals surface area contributed by atoms with Gasteiger partial charge < -0.3 is 9.66 Å². The van der Waals surface area contributed by atoms with E-state index in [2.05, 4.69) is 31.0 Å². The first-order valence-corrected chi connectivity index (χ1v) is 8.10. The van der Waals surface area contributed by atoms with Gasteiger partial charge in [0, 0.05) is 22.5 Å². The largest absolute Gasteiger partial charge is 0.505 e. The Morgan fingerprint density at radius 3 is 2.39 bits per heavy atom. The SMILES string of the molecule is Cc1cc(-n2nc3ccc(SO)cc3n2)c(O)c(C(C)(C)C)c1. The molecule has 0 spiro atoms. The predicted octanol–water partition coefficient (Wildman–Crippen LogP) is 4.30. The molecule has 120 valence electrons. The van der Waals surface area contributed by atoms with Gasteiger partial charge >= 0.3 is 0 Å². The third kappa shape index (κ3) is 2.92. The Bertz CT molecular complexity index is 881. The third-order valence-electron chi connectivity index (χ3n) is 3.71. The van der Waals surface area contributed by atoms with Crippen LogP contribution in [-0.4, -0.2) is 24.7 Å². The molecular weight excluding hydrogens is 310 g/mol. The van der Waals surface area contributed by atoms with Crippen LogP contribution in [-0.2, 0) is 5.41 Å². The van der Waals surface area contributed by atoms with Crippen molar-refractivity contribution in [2.24, 2.45) is 0 Å². The second-order valence-electron chi connectivity index (χ2n) is 6.66. The van der Waals surface area contributed by atoms with E-state index in [9.17, 15) is 5.11 Å². The van der Waals surface area contributed by atoms with Gasteiger partial charge in [-0.1, -0.05) is 26.8 Å². The number of benzene rings is 2. The minimum absolute atomic E-state index is 0.182. The second-order valence-corrected chi connectivity index (χ2v) is 7.32. The summed E-state index contributed by atoms with van der Waals surface area (Å²) in [4.78, 5) is 2.15. The summed E-state index contributed by atoms with van der Waals surface area (Å²) in [6, 6.07) is 9.20. The monoisotopic (exact) mass is 329 g/mol. The Kier molecular flexibility index (Phi) is 3.82. The van der Waals surface area contributed by atoms with Crippen molar-refractivity contribution in [1.82, 2.24) is 15.0 Å². The predicted molar refractivity (Wildman–Crippen MR) is 92.5 cm³/mol. The zero-order valence-corrected chi connectivity index (χ0v) is 14.3. The van der Waals surface area contributed by atoms with Gasteiger partial charge in [-0.3, -0.25) is 0 Å². The van der Waals surface area contributed by atoms with Crippen molar-refractivity contribution in [2.45, 2.75) is 38.0 Å². The molecule has 5 nitrogen and oxygen atoms in total. The molecule has 3 aromatic rings. The maximum absolute atomic E-state index is 10.7. The number of hydrogen-bond acceptors (Lipinski definition) is 5. The number of hydrogen-bond donors (Lipinski definition) is 2. The minimum atomic E-state index is -0.182. The Labute approximate surface area is 139 Å². The highest BCUT2D eigenvalue weighted by Gasteiger charge is 2.22. The molecule has 1 heterocycles. The number of aromatic hydroxyl groups is 1. The van der Waals surface area contributed by atoms with Gasteiger partial charge in [-0.15, -0.1) is 15.0 Å². The normalized spacial score (nSPS) is 12.0. The molecule has 0 saturated carbocycles. The lowest BCUT2D eigenvalue weighted by atomic mass is 9.85. The van der Waals surface area contributed by atoms with Gasteiger partial charge in [0.2, 0.25) is 0 Å². The smallest absolute Gasteiger partial charge is 0.146 e. The molecular formula is C17H19N3O2S. The molecule has 1 aromatic heterocycles. The van der Waals surface area contributed by atoms with Crippen LogP contribution in [0.4, 0.5) is 0 Å². The molecule has 0 fully saturated rings. The molecule has 2 N–H and O–H groups in total. The van der Waals surface area contributed by atoms with Gasteiger partial charge in [0.25, 0.3) is 0 Å². The fraction of sp³-hybridized carbons (Fsp3) is 0.294. The molecule has 6 heteroatoms. The summed E-state index contributed by atoms with van der Waals surface area (Å²) in [5.41, 5.74) is 3.65. The van der Waals surface area contributed by atoms with Crippen molar-refractivity contribution >= 4 is 23.1 Å². The first-order valence-electron chi connectivity index (χ1n) is 7.32. The summed E-state index contributed by atoms with van der Waals surface area (Å²) in [6.07, 6.45) is 0. The molecule has 0 aliphatic carbocycles. The maximum atomic E-state index is 10.7. The molecule has 23 heavy (non-hydrogen) atoms. The van der Waals surface area contributed by atoms with Crippen molar-refractivity contribution in [2.75, 3.05) is 0 Å². The van der Waals surface area contributed by atoms with Crippen molar-refractivity contribution in [3.63, 3.8) is 0 Å². The summed E-state index contributed by atoms with van der Waals surface area (Å²) < 4.78 is 9.15. The molecule has 0 aliphatic heterocycles. The van der Waals surface area contributed by atoms with Gasteiger partial charge in [0.1, 0.15) is 22.5 Å². The van der Waals surface area contributed by atoms with Crippen LogP contribution >= 0.6 is 12.0 Å². The van der Waals surface area contributed by atoms with Crippen LogP contribution in [0.15, 0.2) is 35.2 Å². The average molecular weight is 329 g/mol. The van der Waals surface area contributed by atoms with Crippen LogP contribution in [0, 0.1) is 6.92 Å². The van der Waals surface area contributed by atoms with Crippen molar-refractivity contribution in [3.05, 3.63) is 41.5 Å². The van der Waals surface area contributed by atoms with E-state index >= 15 is 0 Å². The van der Waals surface area contributed by atoms with Gasteiger partial charge in [0.15, 0.2) is 0 Å². The lowest BCUT2D eigenvalue weighted by Gasteiger charge is -2.22. The van der Waals surface area contributed by atoms with Crippen LogP contribution in [0.25, 0.3) is 16.7 Å². The van der Waals surface area contributed by atoms with E-state index in [1.54, 1.807) is 18.2 Å². The van der Waals surface area contributed by atoms with E-state index < -0.39 is 0 Å². The molecule has 0 radical (unpaired) electrons. The molecule has 0 atom stereocenters. The van der Waals surface area contributed by atoms with Gasteiger partial charge in [-0.2, -0.15) is 0 Å². The Morgan fingerprint density at radius 1 is 1.04 bits per heavy atom. The van der Waals surface area contributed by atoms with Crippen LogP contribution in [0.5, 0.6) is 5.75 Å². The lowest BCUT2D eigenvalue weighted by Crippen LogP contribution is -2.13. The van der Waals surface area contributed by atoms with Crippen molar-refractivity contribution in [3.8, 4) is 11.4 Å². The Hall–Kier alpha value is -2.05. The van der Waals surface area contributed by atoms with Gasteiger partial charge in [0.05, 0.1) is 0 Å². The molecule has 0 saturated heterocycles. The highest BCUT2D eigenvalue weighted by Crippen LogP contribution is 2.36. The molecule has 0 aliphatic rings. The van der Waals surface area contributed by atoms with Gasteiger partial charge in [-0.05, 0) is 42.2 Å². The average Bonchev–Trinajstić information content (AvgIpc) is 2.90. The number of nitrogens with zero attached hydrogens (tertiary/aromatic N) is 3. The number of phenols is 1. The fourth-order valence-corrected chi connectivity index (χ4v) is 2.84. The molecule has 0 bridgehead atoms. The quantitative estimate of drug-likeness (QED) is 0.686. The first kappa shape index (κ1) is 15.8. The van der Waals surface area contributed by atoms with E-state index in [0.29, 0.717) is 33.7 Å². The third-order valence-corrected chi connectivity index (χ3v) is 4.18. The van der Waals surface area contributed by atoms with E-state index in [1.807, 2.05) is 19.1 Å². The summed E-state index contributed by atoms with van der Waals surface area (Å²) in [6.45, 7) is 8.16. The lowest BCUT2D eigenvalue weighted by molar-refractivity contribution is 0.440. The van der Waals surface area contributed by atoms with E-state index in [1.165, 1.54) is 4.80 Å². The molecule has 3 rings (SSSR count). The van der Waals surface area contributed by atoms with Crippen LogP contribution < -0.4 is 0 Å². The maximum Gasteiger partial charge on any atom is 0.146 e. The molecule has 0 unspecified atom stereocenters. The summed E-state index contributed by atoms with van der Waals surface area (Å²) in [7, 11) is 0. The number of fused-ring (bicyclic) bond motifs is 1. The van der Waals surface area contributed by atoms with Crippen molar-refractivity contribution < 1.29 is 9.66 Å². The number of aromatic nitrogens is 3. The summed E-state index contributed by atoms with van der Waals surface area (Å²) >= 11 is 0.674. The fourth-order valence-electron chi connectivity index (χ4n) is 2.54. The van der Waals surface area contributed by atoms with E-state index in [-0.39, 0.29) is 11.2 Å². The summed E-state index contributed by atoms with van der Waals surface area (Å²) in [5.74, 6) is 0.195. The van der Waals surface area contributed by atoms with Crippen molar-refractivity contribution in [1.29, 1.82) is 0 Å².